The molecule has 1 aliphatic carbocycles. The normalized spacial score (nSPS) is 21.3. The van der Waals surface area contributed by atoms with E-state index in [1.54, 1.807) is 0 Å². The van der Waals surface area contributed by atoms with Crippen molar-refractivity contribution < 1.29 is 19.4 Å². The molecule has 0 radical (unpaired) electrons. The topological polar surface area (TPSA) is 66.8 Å². The Morgan fingerprint density at radius 3 is 2.23 bits per heavy atom. The summed E-state index contributed by atoms with van der Waals surface area (Å²) in [5, 5.41) is 9.16. The van der Waals surface area contributed by atoms with E-state index in [2.05, 4.69) is 24.8 Å². The van der Waals surface area contributed by atoms with E-state index < -0.39 is 18.1 Å². The highest BCUT2D eigenvalue weighted by Crippen LogP contribution is 2.44. The van der Waals surface area contributed by atoms with Gasteiger partial charge < -0.3 is 9.84 Å². The largest absolute Gasteiger partial charge is 0.480 e. The molecule has 1 heterocycles. The number of hydrogen-bond acceptors (Lipinski definition) is 4. The Morgan fingerprint density at radius 2 is 1.65 bits per heavy atom. The van der Waals surface area contributed by atoms with Crippen molar-refractivity contribution in [1.29, 1.82) is 0 Å². The molecule has 1 N–H and O–H groups in total. The van der Waals surface area contributed by atoms with Gasteiger partial charge in [-0.2, -0.15) is 12.6 Å². The molecule has 0 bridgehead atoms. The molecule has 1 amide bonds. The average Bonchev–Trinajstić information content (AvgIpc) is 3.18. The minimum absolute atomic E-state index is 0.0379. The van der Waals surface area contributed by atoms with E-state index in [1.165, 1.54) is 4.90 Å². The fourth-order valence-corrected chi connectivity index (χ4v) is 4.30. The molecule has 4 rings (SSSR count). The summed E-state index contributed by atoms with van der Waals surface area (Å²) in [7, 11) is 0. The predicted molar refractivity (Wildman–Crippen MR) is 101 cm³/mol. The number of hydrogen-bond donors (Lipinski definition) is 2. The lowest BCUT2D eigenvalue weighted by atomic mass is 9.98. The van der Waals surface area contributed by atoms with Crippen LogP contribution < -0.4 is 0 Å². The standard InChI is InChI=1S/C20H19NO4S/c22-19(23)18-9-12(26)10-21(18)20(24)25-11-17-15-7-3-1-5-13(15)14-6-2-4-8-16(14)17/h1-8,12,17-18,26H,9-11H2,(H,22,23)/t12-,18+/m1/s1. The molecule has 5 nitrogen and oxygen atoms in total. The summed E-state index contributed by atoms with van der Waals surface area (Å²) >= 11 is 4.32. The van der Waals surface area contributed by atoms with Crippen molar-refractivity contribution in [1.82, 2.24) is 4.90 Å². The van der Waals surface area contributed by atoms with Crippen molar-refractivity contribution in [3.05, 3.63) is 59.7 Å². The highest BCUT2D eigenvalue weighted by molar-refractivity contribution is 7.81. The minimum Gasteiger partial charge on any atom is -0.480 e. The molecule has 1 fully saturated rings. The van der Waals surface area contributed by atoms with Crippen LogP contribution in [0.1, 0.15) is 23.5 Å². The third-order valence-electron chi connectivity index (χ3n) is 5.13. The molecule has 134 valence electrons. The van der Waals surface area contributed by atoms with Gasteiger partial charge in [-0.25, -0.2) is 9.59 Å². The fraction of sp³-hybridized carbons (Fsp3) is 0.300. The number of aliphatic carboxylic acids is 1. The van der Waals surface area contributed by atoms with E-state index in [9.17, 15) is 14.7 Å². The van der Waals surface area contributed by atoms with Crippen LogP contribution in [-0.2, 0) is 9.53 Å². The second-order valence-electron chi connectivity index (χ2n) is 6.70. The van der Waals surface area contributed by atoms with Gasteiger partial charge in [0.05, 0.1) is 0 Å². The molecule has 1 saturated heterocycles. The zero-order valence-corrected chi connectivity index (χ0v) is 14.9. The quantitative estimate of drug-likeness (QED) is 0.814. The van der Waals surface area contributed by atoms with Crippen LogP contribution in [0.2, 0.25) is 0 Å². The van der Waals surface area contributed by atoms with Crippen LogP contribution in [0.5, 0.6) is 0 Å². The molecule has 2 atom stereocenters. The van der Waals surface area contributed by atoms with E-state index in [0.29, 0.717) is 6.42 Å². The van der Waals surface area contributed by atoms with Crippen molar-refractivity contribution >= 4 is 24.7 Å². The molecule has 2 aromatic carbocycles. The van der Waals surface area contributed by atoms with Crippen LogP contribution in [0.25, 0.3) is 11.1 Å². The summed E-state index contributed by atoms with van der Waals surface area (Å²) in [6, 6.07) is 15.3. The lowest BCUT2D eigenvalue weighted by molar-refractivity contribution is -0.141. The van der Waals surface area contributed by atoms with Crippen LogP contribution in [0.15, 0.2) is 48.5 Å². The van der Waals surface area contributed by atoms with E-state index in [4.69, 9.17) is 4.74 Å². The number of fused-ring (bicyclic) bond motifs is 3. The molecule has 2 aromatic rings. The minimum atomic E-state index is -1.02. The highest BCUT2D eigenvalue weighted by atomic mass is 32.1. The summed E-state index contributed by atoms with van der Waals surface area (Å²) in [6.07, 6.45) is -0.251. The molecule has 2 aliphatic rings. The number of ether oxygens (including phenoxy) is 1. The van der Waals surface area contributed by atoms with Crippen molar-refractivity contribution in [2.45, 2.75) is 23.6 Å². The first-order valence-electron chi connectivity index (χ1n) is 8.58. The first kappa shape index (κ1) is 17.0. The first-order chi connectivity index (χ1) is 12.6. The van der Waals surface area contributed by atoms with Gasteiger partial charge in [0.15, 0.2) is 0 Å². The number of likely N-dealkylation sites (tertiary alicyclic amines) is 1. The maximum Gasteiger partial charge on any atom is 0.410 e. The summed E-state index contributed by atoms with van der Waals surface area (Å²) < 4.78 is 5.54. The predicted octanol–water partition coefficient (Wildman–Crippen LogP) is 3.39. The molecule has 0 spiro atoms. The molecule has 0 aromatic heterocycles. The third kappa shape index (κ3) is 2.84. The Morgan fingerprint density at radius 1 is 1.08 bits per heavy atom. The fourth-order valence-electron chi connectivity index (χ4n) is 3.93. The van der Waals surface area contributed by atoms with E-state index in [-0.39, 0.29) is 24.3 Å². The maximum absolute atomic E-state index is 12.5. The number of carbonyl (C=O) groups excluding carboxylic acids is 1. The van der Waals surface area contributed by atoms with Crippen molar-refractivity contribution in [2.24, 2.45) is 0 Å². The van der Waals surface area contributed by atoms with Crippen LogP contribution in [-0.4, -0.2) is 46.5 Å². The molecule has 0 unspecified atom stereocenters. The molecule has 26 heavy (non-hydrogen) atoms. The Bertz CT molecular complexity index is 823. The van der Waals surface area contributed by atoms with Gasteiger partial charge in [-0.1, -0.05) is 48.5 Å². The van der Waals surface area contributed by atoms with Gasteiger partial charge in [-0.05, 0) is 28.7 Å². The Kier molecular flexibility index (Phi) is 4.36. The third-order valence-corrected chi connectivity index (χ3v) is 5.51. The van der Waals surface area contributed by atoms with Crippen molar-refractivity contribution in [3.63, 3.8) is 0 Å². The Labute approximate surface area is 157 Å². The van der Waals surface area contributed by atoms with Gasteiger partial charge in [0.1, 0.15) is 12.6 Å². The monoisotopic (exact) mass is 369 g/mol. The van der Waals surface area contributed by atoms with Crippen LogP contribution in [0.4, 0.5) is 4.79 Å². The van der Waals surface area contributed by atoms with Gasteiger partial charge in [-0.15, -0.1) is 0 Å². The molecule has 1 aliphatic heterocycles. The van der Waals surface area contributed by atoms with E-state index in [0.717, 1.165) is 22.3 Å². The maximum atomic E-state index is 12.5. The molecular formula is C20H19NO4S. The summed E-state index contributed by atoms with van der Waals surface area (Å²) in [5.74, 6) is -1.06. The number of carbonyl (C=O) groups is 2. The number of benzene rings is 2. The smallest absolute Gasteiger partial charge is 0.410 e. The van der Waals surface area contributed by atoms with Gasteiger partial charge in [0.2, 0.25) is 0 Å². The number of carboxylic acids is 1. The Balaban J connectivity index is 1.53. The zero-order chi connectivity index (χ0) is 18.3. The number of carboxylic acid groups (broad SMARTS) is 1. The summed E-state index contributed by atoms with van der Waals surface area (Å²) in [4.78, 5) is 25.1. The lowest BCUT2D eigenvalue weighted by Gasteiger charge is -2.22. The number of thiol groups is 1. The SMILES string of the molecule is O=C(O)[C@@H]1C[C@@H](S)CN1C(=O)OCC1c2ccccc2-c2ccccc21. The average molecular weight is 369 g/mol. The summed E-state index contributed by atoms with van der Waals surface area (Å²) in [5.41, 5.74) is 4.57. The number of rotatable bonds is 3. The number of amides is 1. The van der Waals surface area contributed by atoms with Gasteiger partial charge in [0, 0.05) is 17.7 Å². The Hall–Kier alpha value is -2.47. The van der Waals surface area contributed by atoms with E-state index >= 15 is 0 Å². The van der Waals surface area contributed by atoms with Gasteiger partial charge in [0.25, 0.3) is 0 Å². The van der Waals surface area contributed by atoms with Gasteiger partial charge >= 0.3 is 12.1 Å². The van der Waals surface area contributed by atoms with Crippen molar-refractivity contribution in [3.8, 4) is 11.1 Å². The second-order valence-corrected chi connectivity index (χ2v) is 7.43. The zero-order valence-electron chi connectivity index (χ0n) is 14.0. The molecule has 0 saturated carbocycles. The molecule has 6 heteroatoms. The van der Waals surface area contributed by atoms with Crippen molar-refractivity contribution in [2.75, 3.05) is 13.2 Å². The van der Waals surface area contributed by atoms with Gasteiger partial charge in [-0.3, -0.25) is 4.90 Å². The summed E-state index contributed by atoms with van der Waals surface area (Å²) in [6.45, 7) is 0.476. The highest BCUT2D eigenvalue weighted by Gasteiger charge is 2.40. The van der Waals surface area contributed by atoms with E-state index in [1.807, 2.05) is 36.4 Å². The van der Waals surface area contributed by atoms with Crippen LogP contribution >= 0.6 is 12.6 Å². The van der Waals surface area contributed by atoms with Crippen LogP contribution in [0.3, 0.4) is 0 Å². The second kappa shape index (κ2) is 6.68. The first-order valence-corrected chi connectivity index (χ1v) is 9.10. The lowest BCUT2D eigenvalue weighted by Crippen LogP contribution is -2.41. The molecular weight excluding hydrogens is 350 g/mol. The number of nitrogens with zero attached hydrogens (tertiary/aromatic N) is 1. The van der Waals surface area contributed by atoms with Crippen LogP contribution in [0, 0.1) is 0 Å².